The normalized spacial score (nSPS) is 25.3. The number of amides is 1. The van der Waals surface area contributed by atoms with Crippen molar-refractivity contribution in [2.75, 3.05) is 19.8 Å². The molecule has 0 radical (unpaired) electrons. The highest BCUT2D eigenvalue weighted by atomic mass is 16.7. The van der Waals surface area contributed by atoms with Crippen molar-refractivity contribution in [2.24, 2.45) is 0 Å². The summed E-state index contributed by atoms with van der Waals surface area (Å²) < 4.78 is 22.7. The van der Waals surface area contributed by atoms with Crippen LogP contribution in [0.15, 0.2) is 36.5 Å². The Hall–Kier alpha value is -1.79. The molecule has 9 N–H and O–H groups in total. The van der Waals surface area contributed by atoms with E-state index in [2.05, 4.69) is 43.5 Å². The van der Waals surface area contributed by atoms with Crippen LogP contribution in [0.2, 0.25) is 0 Å². The van der Waals surface area contributed by atoms with Crippen LogP contribution in [0.4, 0.5) is 0 Å². The second kappa shape index (κ2) is 47.1. The lowest BCUT2D eigenvalue weighted by molar-refractivity contribution is -0.359. The number of carbonyl (C=O) groups excluding carboxylic acids is 1. The summed E-state index contributed by atoms with van der Waals surface area (Å²) in [4.78, 5) is 13.1. The minimum Gasteiger partial charge on any atom is -0.394 e. The predicted octanol–water partition coefficient (Wildman–Crippen LogP) is 10.6. The maximum absolute atomic E-state index is 13.1. The van der Waals surface area contributed by atoms with Crippen molar-refractivity contribution >= 4 is 5.91 Å². The Morgan fingerprint density at radius 2 is 0.853 bits per heavy atom. The zero-order valence-electron chi connectivity index (χ0n) is 47.3. The maximum Gasteiger partial charge on any atom is 0.220 e. The number of aliphatic hydroxyl groups is 8. The van der Waals surface area contributed by atoms with Crippen molar-refractivity contribution in [1.29, 1.82) is 0 Å². The van der Waals surface area contributed by atoms with Crippen LogP contribution in [-0.2, 0) is 23.7 Å². The molecule has 2 aliphatic heterocycles. The van der Waals surface area contributed by atoms with Crippen molar-refractivity contribution in [1.82, 2.24) is 5.32 Å². The summed E-state index contributed by atoms with van der Waals surface area (Å²) in [5.41, 5.74) is 0. The van der Waals surface area contributed by atoms with Gasteiger partial charge in [-0.05, 0) is 44.9 Å². The number of hydrogen-bond acceptors (Lipinski definition) is 13. The average Bonchev–Trinajstić information content (AvgIpc) is 3.41. The van der Waals surface area contributed by atoms with E-state index in [4.69, 9.17) is 18.9 Å². The summed E-state index contributed by atoms with van der Waals surface area (Å²) in [5, 5.41) is 86.8. The first kappa shape index (κ1) is 69.3. The van der Waals surface area contributed by atoms with E-state index in [0.717, 1.165) is 44.9 Å². The molecule has 2 saturated heterocycles. The zero-order valence-corrected chi connectivity index (χ0v) is 47.3. The molecule has 75 heavy (non-hydrogen) atoms. The number of aliphatic hydroxyl groups excluding tert-OH is 8. The lowest BCUT2D eigenvalue weighted by Gasteiger charge is -2.46. The summed E-state index contributed by atoms with van der Waals surface area (Å²) in [5.74, 6) is -0.256. The van der Waals surface area contributed by atoms with Gasteiger partial charge in [0, 0.05) is 6.42 Å². The predicted molar refractivity (Wildman–Crippen MR) is 300 cm³/mol. The van der Waals surface area contributed by atoms with E-state index in [1.54, 1.807) is 6.08 Å². The van der Waals surface area contributed by atoms with E-state index in [1.807, 2.05) is 6.08 Å². The molecule has 2 aliphatic rings. The smallest absolute Gasteiger partial charge is 0.220 e. The highest BCUT2D eigenvalue weighted by molar-refractivity contribution is 5.76. The fraction of sp³-hybridized carbons (Fsp3) is 0.885. The van der Waals surface area contributed by atoms with E-state index in [1.165, 1.54) is 173 Å². The van der Waals surface area contributed by atoms with Gasteiger partial charge in [-0.3, -0.25) is 4.79 Å². The molecule has 0 spiro atoms. The van der Waals surface area contributed by atoms with E-state index in [0.29, 0.717) is 12.8 Å². The first-order valence-electron chi connectivity index (χ1n) is 30.7. The molecule has 14 nitrogen and oxygen atoms in total. The van der Waals surface area contributed by atoms with Gasteiger partial charge in [0.1, 0.15) is 48.8 Å². The quantitative estimate of drug-likeness (QED) is 0.0204. The van der Waals surface area contributed by atoms with Crippen LogP contribution in [0.1, 0.15) is 251 Å². The number of hydrogen-bond donors (Lipinski definition) is 9. The van der Waals surface area contributed by atoms with Gasteiger partial charge in [-0.2, -0.15) is 0 Å². The minimum absolute atomic E-state index is 0.256. The number of nitrogens with one attached hydrogen (secondary N) is 1. The van der Waals surface area contributed by atoms with Crippen molar-refractivity contribution in [3.05, 3.63) is 36.5 Å². The third-order valence-corrected chi connectivity index (χ3v) is 15.1. The Kier molecular flexibility index (Phi) is 43.5. The summed E-state index contributed by atoms with van der Waals surface area (Å²) in [6, 6.07) is -0.934. The van der Waals surface area contributed by atoms with Crippen molar-refractivity contribution in [2.45, 2.75) is 325 Å². The molecule has 0 aromatic carbocycles. The van der Waals surface area contributed by atoms with Crippen LogP contribution in [0, 0.1) is 0 Å². The summed E-state index contributed by atoms with van der Waals surface area (Å²) >= 11 is 0. The highest BCUT2D eigenvalue weighted by Gasteiger charge is 2.51. The van der Waals surface area contributed by atoms with Gasteiger partial charge < -0.3 is 65.1 Å². The lowest BCUT2D eigenvalue weighted by atomic mass is 9.97. The molecular formula is C61H113NO13. The topological polar surface area (TPSA) is 228 Å². The van der Waals surface area contributed by atoms with Gasteiger partial charge in [-0.1, -0.05) is 237 Å². The maximum atomic E-state index is 13.1. The van der Waals surface area contributed by atoms with Crippen molar-refractivity contribution < 1.29 is 64.6 Å². The molecule has 0 saturated carbocycles. The van der Waals surface area contributed by atoms with Crippen LogP contribution in [-0.4, -0.2) is 140 Å². The second-order valence-corrected chi connectivity index (χ2v) is 21.8. The van der Waals surface area contributed by atoms with Crippen molar-refractivity contribution in [3.8, 4) is 0 Å². The minimum atomic E-state index is -1.79. The molecule has 0 bridgehead atoms. The van der Waals surface area contributed by atoms with Gasteiger partial charge >= 0.3 is 0 Å². The first-order chi connectivity index (χ1) is 36.6. The SMILES string of the molecule is CCCCCCCCCCCCCCCCCCCCCCCC/C=C/CC/C=C/CC/C=C/C(O)C(COC1OC(CO)C(OC2OC(CO)C(O)C(O)C2O)C(O)C1O)NC(=O)CCCCCCCCCCC. The highest BCUT2D eigenvalue weighted by Crippen LogP contribution is 2.30. The number of carbonyl (C=O) groups is 1. The second-order valence-electron chi connectivity index (χ2n) is 21.8. The lowest BCUT2D eigenvalue weighted by Crippen LogP contribution is -2.65. The fourth-order valence-corrected chi connectivity index (χ4v) is 10.1. The standard InChI is InChI=1S/C61H113NO13/c1-3-5-7-9-11-13-14-15-16-17-18-19-20-21-22-23-24-25-26-27-28-29-30-31-32-33-34-35-37-38-40-42-44-50(65)49(62-53(66)45-43-41-39-36-12-10-8-6-4-2)48-72-60-58(71)56(69)59(52(47-64)74-60)75-61-57(70)55(68)54(67)51(46-63)73-61/h31-32,35,37,42,44,49-52,54-61,63-65,67-71H,3-30,33-34,36,38-41,43,45-48H2,1-2H3,(H,62,66)/b32-31+,37-35+,44-42+. The number of ether oxygens (including phenoxy) is 4. The zero-order chi connectivity index (χ0) is 54.6. The monoisotopic (exact) mass is 1070 g/mol. The summed E-state index contributed by atoms with van der Waals surface area (Å²) in [7, 11) is 0. The molecule has 0 aromatic rings. The Balaban J connectivity index is 1.66. The van der Waals surface area contributed by atoms with Crippen LogP contribution in [0.25, 0.3) is 0 Å². The van der Waals surface area contributed by atoms with Gasteiger partial charge in [0.2, 0.25) is 5.91 Å². The molecule has 2 fully saturated rings. The van der Waals surface area contributed by atoms with Gasteiger partial charge in [-0.15, -0.1) is 0 Å². The van der Waals surface area contributed by atoms with Crippen LogP contribution < -0.4 is 5.32 Å². The Bertz CT molecular complexity index is 1400. The van der Waals surface area contributed by atoms with Crippen molar-refractivity contribution in [3.63, 3.8) is 0 Å². The number of unbranched alkanes of at least 4 members (excludes halogenated alkanes) is 32. The molecule has 2 heterocycles. The molecular weight excluding hydrogens is 955 g/mol. The molecule has 0 aliphatic carbocycles. The van der Waals surface area contributed by atoms with Gasteiger partial charge in [0.25, 0.3) is 0 Å². The first-order valence-corrected chi connectivity index (χ1v) is 30.7. The Labute approximate surface area is 455 Å². The molecule has 14 heteroatoms. The van der Waals surface area contributed by atoms with Gasteiger partial charge in [0.15, 0.2) is 12.6 Å². The van der Waals surface area contributed by atoms with E-state index in [9.17, 15) is 45.6 Å². The molecule has 12 unspecified atom stereocenters. The molecule has 0 aromatic heterocycles. The number of rotatable bonds is 49. The van der Waals surface area contributed by atoms with E-state index >= 15 is 0 Å². The van der Waals surface area contributed by atoms with E-state index in [-0.39, 0.29) is 18.9 Å². The molecule has 1 amide bonds. The summed E-state index contributed by atoms with van der Waals surface area (Å²) in [6.45, 7) is 2.75. The summed E-state index contributed by atoms with van der Waals surface area (Å²) in [6.07, 6.45) is 41.0. The number of allylic oxidation sites excluding steroid dienone is 5. The average molecular weight is 1070 g/mol. The Morgan fingerprint density at radius 1 is 0.467 bits per heavy atom. The van der Waals surface area contributed by atoms with Gasteiger partial charge in [0.05, 0.1) is 32.0 Å². The van der Waals surface area contributed by atoms with Crippen LogP contribution >= 0.6 is 0 Å². The molecule has 2 rings (SSSR count). The van der Waals surface area contributed by atoms with E-state index < -0.39 is 86.8 Å². The van der Waals surface area contributed by atoms with Crippen LogP contribution in [0.5, 0.6) is 0 Å². The molecule has 12 atom stereocenters. The third-order valence-electron chi connectivity index (χ3n) is 15.1. The Morgan fingerprint density at radius 3 is 1.31 bits per heavy atom. The fourth-order valence-electron chi connectivity index (χ4n) is 10.1. The largest absolute Gasteiger partial charge is 0.394 e. The van der Waals surface area contributed by atoms with Gasteiger partial charge in [-0.25, -0.2) is 0 Å². The van der Waals surface area contributed by atoms with Crippen LogP contribution in [0.3, 0.4) is 0 Å². The molecule has 440 valence electrons. The third kappa shape index (κ3) is 32.8.